The molecule has 7 heteroatoms. The van der Waals surface area contributed by atoms with Gasteiger partial charge in [0.05, 0.1) is 23.6 Å². The van der Waals surface area contributed by atoms with E-state index >= 15 is 0 Å². The fourth-order valence-electron chi connectivity index (χ4n) is 3.65. The molecule has 1 N–H and O–H groups in total. The monoisotopic (exact) mass is 323 g/mol. The zero-order valence-electron chi connectivity index (χ0n) is 11.2. The van der Waals surface area contributed by atoms with Gasteiger partial charge in [-0.15, -0.1) is 0 Å². The van der Waals surface area contributed by atoms with Gasteiger partial charge in [-0.3, -0.25) is 9.59 Å². The van der Waals surface area contributed by atoms with Crippen LogP contribution in [0.4, 0.5) is 10.1 Å². The summed E-state index contributed by atoms with van der Waals surface area (Å²) in [6.07, 6.45) is 2.90. The number of amides is 1. The van der Waals surface area contributed by atoms with Crippen LogP contribution < -0.4 is 4.90 Å². The molecule has 1 aromatic rings. The summed E-state index contributed by atoms with van der Waals surface area (Å²) in [7, 11) is 0. The molecular weight excluding hydrogens is 313 g/mol. The number of hydrogen-bond acceptors (Lipinski definition) is 3. The number of carboxylic acid groups (broad SMARTS) is 1. The van der Waals surface area contributed by atoms with Crippen LogP contribution in [0.3, 0.4) is 0 Å². The van der Waals surface area contributed by atoms with Crippen molar-refractivity contribution >= 4 is 29.2 Å². The molecule has 1 spiro atoms. The van der Waals surface area contributed by atoms with Gasteiger partial charge in [-0.1, -0.05) is 23.8 Å². The number of aliphatic carboxylic acids is 1. The summed E-state index contributed by atoms with van der Waals surface area (Å²) in [5.74, 6) is -3.60. The average Bonchev–Trinajstić information content (AvgIpc) is 3.10. The van der Waals surface area contributed by atoms with Gasteiger partial charge in [0.1, 0.15) is 17.3 Å². The van der Waals surface area contributed by atoms with E-state index in [4.69, 9.17) is 16.3 Å². The van der Waals surface area contributed by atoms with Crippen molar-refractivity contribution in [3.63, 3.8) is 0 Å². The van der Waals surface area contributed by atoms with Crippen molar-refractivity contribution in [1.82, 2.24) is 0 Å². The van der Waals surface area contributed by atoms with Crippen LogP contribution in [0, 0.1) is 17.7 Å². The number of carboxylic acids is 1. The molecule has 114 valence electrons. The Balaban J connectivity index is 1.74. The van der Waals surface area contributed by atoms with Crippen molar-refractivity contribution in [2.24, 2.45) is 11.8 Å². The lowest BCUT2D eigenvalue weighted by molar-refractivity contribution is -0.146. The van der Waals surface area contributed by atoms with Crippen molar-refractivity contribution in [1.29, 1.82) is 0 Å². The van der Waals surface area contributed by atoms with Crippen molar-refractivity contribution in [2.45, 2.75) is 11.7 Å². The summed E-state index contributed by atoms with van der Waals surface area (Å²) < 4.78 is 19.1. The van der Waals surface area contributed by atoms with Gasteiger partial charge in [0, 0.05) is 5.69 Å². The van der Waals surface area contributed by atoms with Gasteiger partial charge in [0.15, 0.2) is 0 Å². The predicted molar refractivity (Wildman–Crippen MR) is 75.1 cm³/mol. The first kappa shape index (κ1) is 13.7. The standard InChI is InChI=1S/C15H11ClFNO4/c16-8-5-7(1-2-9(8)17)18-6-15-4-3-10(22-15)11(14(20)21)12(15)13(18)19/h1-5,10-12H,6H2,(H,20,21)/t10-,11+,12-,15+/m1/s1. The molecule has 0 aliphatic carbocycles. The third kappa shape index (κ3) is 1.62. The molecule has 3 heterocycles. The normalized spacial score (nSPS) is 35.3. The fourth-order valence-corrected chi connectivity index (χ4v) is 3.83. The van der Waals surface area contributed by atoms with Crippen LogP contribution in [-0.4, -0.2) is 35.2 Å². The first-order valence-electron chi connectivity index (χ1n) is 6.79. The van der Waals surface area contributed by atoms with Gasteiger partial charge in [-0.2, -0.15) is 0 Å². The second-order valence-electron chi connectivity index (χ2n) is 5.76. The Bertz CT molecular complexity index is 736. The first-order chi connectivity index (χ1) is 10.4. The summed E-state index contributed by atoms with van der Waals surface area (Å²) in [5.41, 5.74) is -0.476. The Hall–Kier alpha value is -1.92. The maximum Gasteiger partial charge on any atom is 0.310 e. The van der Waals surface area contributed by atoms with Crippen molar-refractivity contribution < 1.29 is 23.8 Å². The lowest BCUT2D eigenvalue weighted by atomic mass is 9.77. The Morgan fingerprint density at radius 3 is 2.95 bits per heavy atom. The number of ether oxygens (including phenoxy) is 1. The predicted octanol–water partition coefficient (Wildman–Crippen LogP) is 1.85. The van der Waals surface area contributed by atoms with Crippen LogP contribution in [0.25, 0.3) is 0 Å². The second-order valence-corrected chi connectivity index (χ2v) is 6.17. The number of hydrogen-bond donors (Lipinski definition) is 1. The van der Waals surface area contributed by atoms with Crippen LogP contribution in [0.5, 0.6) is 0 Å². The van der Waals surface area contributed by atoms with Gasteiger partial charge in [-0.25, -0.2) is 4.39 Å². The molecule has 0 unspecified atom stereocenters. The SMILES string of the molecule is O=C(O)[C@H]1[C@H]2C=C[C@@]3(CN(c4ccc(F)c(Cl)c4)C(=O)[C@@H]13)O2. The maximum atomic E-state index is 13.3. The van der Waals surface area contributed by atoms with E-state index in [0.717, 1.165) is 0 Å². The van der Waals surface area contributed by atoms with E-state index in [1.165, 1.54) is 23.1 Å². The molecule has 1 amide bonds. The van der Waals surface area contributed by atoms with Crippen LogP contribution in [0.1, 0.15) is 0 Å². The first-order valence-corrected chi connectivity index (χ1v) is 7.17. The molecule has 2 bridgehead atoms. The minimum absolute atomic E-state index is 0.0876. The van der Waals surface area contributed by atoms with Gasteiger partial charge in [0.25, 0.3) is 0 Å². The largest absolute Gasteiger partial charge is 0.481 e. The summed E-state index contributed by atoms with van der Waals surface area (Å²) in [6.45, 7) is 0.204. The van der Waals surface area contributed by atoms with Gasteiger partial charge in [0.2, 0.25) is 5.91 Å². The highest BCUT2D eigenvalue weighted by Gasteiger charge is 2.67. The number of carbonyl (C=O) groups is 2. The lowest BCUT2D eigenvalue weighted by Crippen LogP contribution is -2.39. The molecule has 4 rings (SSSR count). The van der Waals surface area contributed by atoms with E-state index in [1.54, 1.807) is 12.2 Å². The topological polar surface area (TPSA) is 66.8 Å². The Morgan fingerprint density at radius 2 is 2.27 bits per heavy atom. The zero-order valence-corrected chi connectivity index (χ0v) is 12.0. The number of carbonyl (C=O) groups excluding carboxylic acids is 1. The van der Waals surface area contributed by atoms with Crippen LogP contribution in [0.2, 0.25) is 5.02 Å². The Morgan fingerprint density at radius 1 is 1.50 bits per heavy atom. The van der Waals surface area contributed by atoms with E-state index in [2.05, 4.69) is 0 Å². The minimum atomic E-state index is -1.05. The molecule has 2 saturated heterocycles. The number of nitrogens with zero attached hydrogens (tertiary/aromatic N) is 1. The highest BCUT2D eigenvalue weighted by Crippen LogP contribution is 2.52. The van der Waals surface area contributed by atoms with E-state index in [9.17, 15) is 19.1 Å². The summed E-state index contributed by atoms with van der Waals surface area (Å²) in [5, 5.41) is 9.29. The van der Waals surface area contributed by atoms with E-state index < -0.39 is 35.3 Å². The number of halogens is 2. The molecule has 2 fully saturated rings. The molecule has 0 aromatic heterocycles. The number of anilines is 1. The van der Waals surface area contributed by atoms with Gasteiger partial charge in [-0.05, 0) is 18.2 Å². The molecule has 4 atom stereocenters. The average molecular weight is 324 g/mol. The molecule has 0 radical (unpaired) electrons. The number of fused-ring (bicyclic) bond motifs is 1. The van der Waals surface area contributed by atoms with E-state index in [0.29, 0.717) is 5.69 Å². The Kier molecular flexibility index (Phi) is 2.68. The molecule has 1 aromatic carbocycles. The smallest absolute Gasteiger partial charge is 0.310 e. The maximum absolute atomic E-state index is 13.3. The van der Waals surface area contributed by atoms with Crippen molar-refractivity contribution in [3.05, 3.63) is 41.2 Å². The molecule has 5 nitrogen and oxygen atoms in total. The number of rotatable bonds is 2. The van der Waals surface area contributed by atoms with Crippen molar-refractivity contribution in [3.8, 4) is 0 Å². The summed E-state index contributed by atoms with van der Waals surface area (Å²) >= 11 is 5.76. The summed E-state index contributed by atoms with van der Waals surface area (Å²) in [4.78, 5) is 25.6. The highest BCUT2D eigenvalue weighted by molar-refractivity contribution is 6.31. The quantitative estimate of drug-likeness (QED) is 0.844. The highest BCUT2D eigenvalue weighted by atomic mass is 35.5. The Labute approximate surface area is 129 Å². The zero-order chi connectivity index (χ0) is 15.6. The van der Waals surface area contributed by atoms with Gasteiger partial charge < -0.3 is 14.7 Å². The fraction of sp³-hybridized carbons (Fsp3) is 0.333. The molecule has 0 saturated carbocycles. The third-order valence-electron chi connectivity index (χ3n) is 4.60. The molecule has 3 aliphatic heterocycles. The minimum Gasteiger partial charge on any atom is -0.481 e. The second kappa shape index (κ2) is 4.30. The lowest BCUT2D eigenvalue weighted by Gasteiger charge is -2.21. The van der Waals surface area contributed by atoms with E-state index in [-0.39, 0.29) is 17.5 Å². The third-order valence-corrected chi connectivity index (χ3v) is 4.89. The molecular formula is C15H11ClFNO4. The number of benzene rings is 1. The molecule has 3 aliphatic rings. The van der Waals surface area contributed by atoms with Crippen LogP contribution >= 0.6 is 11.6 Å². The summed E-state index contributed by atoms with van der Waals surface area (Å²) in [6, 6.07) is 3.99. The van der Waals surface area contributed by atoms with Crippen LogP contribution in [0.15, 0.2) is 30.4 Å². The van der Waals surface area contributed by atoms with Gasteiger partial charge >= 0.3 is 5.97 Å². The van der Waals surface area contributed by atoms with E-state index in [1.807, 2.05) is 0 Å². The molecule has 22 heavy (non-hydrogen) atoms. The van der Waals surface area contributed by atoms with Crippen LogP contribution in [-0.2, 0) is 14.3 Å². The van der Waals surface area contributed by atoms with Crippen molar-refractivity contribution in [2.75, 3.05) is 11.4 Å².